The molecule has 1 atom stereocenters. The molecule has 0 heterocycles. The van der Waals surface area contributed by atoms with Crippen molar-refractivity contribution in [3.8, 4) is 0 Å². The zero-order chi connectivity index (χ0) is 11.6. The van der Waals surface area contributed by atoms with Crippen LogP contribution in [-0.4, -0.2) is 42.1 Å². The van der Waals surface area contributed by atoms with Gasteiger partial charge in [0.15, 0.2) is 0 Å². The average Bonchev–Trinajstić information content (AvgIpc) is 2.68. The molecule has 86 valence electrons. The van der Waals surface area contributed by atoms with Crippen LogP contribution in [0.25, 0.3) is 0 Å². The number of carbonyl (C=O) groups is 2. The highest BCUT2D eigenvalue weighted by Gasteiger charge is 2.45. The van der Waals surface area contributed by atoms with Crippen molar-refractivity contribution >= 4 is 12.0 Å². The first-order valence-electron chi connectivity index (χ1n) is 5.03. The molecule has 0 aliphatic heterocycles. The molecular weight excluding hydrogens is 196 g/mol. The largest absolute Gasteiger partial charge is 0.480 e. The van der Waals surface area contributed by atoms with Crippen LogP contribution in [0.1, 0.15) is 20.3 Å². The van der Waals surface area contributed by atoms with E-state index in [2.05, 4.69) is 19.2 Å². The Kier molecular flexibility index (Phi) is 3.21. The van der Waals surface area contributed by atoms with Gasteiger partial charge in [0.2, 0.25) is 0 Å². The third-order valence-corrected chi connectivity index (χ3v) is 2.94. The summed E-state index contributed by atoms with van der Waals surface area (Å²) in [7, 11) is 1.47. The van der Waals surface area contributed by atoms with Gasteiger partial charge in [-0.05, 0) is 17.8 Å². The number of carbonyl (C=O) groups excluding carboxylic acids is 1. The highest BCUT2D eigenvalue weighted by atomic mass is 16.4. The van der Waals surface area contributed by atoms with E-state index < -0.39 is 5.97 Å². The number of nitrogens with one attached hydrogen (secondary N) is 1. The predicted molar refractivity (Wildman–Crippen MR) is 55.6 cm³/mol. The fourth-order valence-corrected chi connectivity index (χ4v) is 1.54. The lowest BCUT2D eigenvalue weighted by Crippen LogP contribution is -2.41. The summed E-state index contributed by atoms with van der Waals surface area (Å²) >= 11 is 0. The van der Waals surface area contributed by atoms with Crippen molar-refractivity contribution in [2.45, 2.75) is 20.3 Å². The predicted octanol–water partition coefficient (Wildman–Crippen LogP) is 0.758. The number of aliphatic carboxylic acids is 1. The number of hydrogen-bond acceptors (Lipinski definition) is 2. The Hall–Kier alpha value is -1.26. The highest BCUT2D eigenvalue weighted by molar-refractivity contribution is 5.79. The van der Waals surface area contributed by atoms with Crippen LogP contribution in [0.4, 0.5) is 4.79 Å². The summed E-state index contributed by atoms with van der Waals surface area (Å²) in [5.41, 5.74) is 0.332. The van der Waals surface area contributed by atoms with Gasteiger partial charge in [-0.3, -0.25) is 4.79 Å². The average molecular weight is 214 g/mol. The first-order chi connectivity index (χ1) is 6.83. The monoisotopic (exact) mass is 214 g/mol. The lowest BCUT2D eigenvalue weighted by atomic mass is 10.1. The Morgan fingerprint density at radius 3 is 2.47 bits per heavy atom. The van der Waals surface area contributed by atoms with Crippen LogP contribution in [0.5, 0.6) is 0 Å². The third-order valence-electron chi connectivity index (χ3n) is 2.94. The second-order valence-electron chi connectivity index (χ2n) is 4.83. The van der Waals surface area contributed by atoms with Crippen LogP contribution in [0.15, 0.2) is 0 Å². The molecule has 1 fully saturated rings. The van der Waals surface area contributed by atoms with E-state index in [0.717, 1.165) is 11.3 Å². The first-order valence-corrected chi connectivity index (χ1v) is 5.03. The molecule has 0 bridgehead atoms. The van der Waals surface area contributed by atoms with Gasteiger partial charge in [0.25, 0.3) is 0 Å². The van der Waals surface area contributed by atoms with Crippen molar-refractivity contribution in [1.82, 2.24) is 10.2 Å². The van der Waals surface area contributed by atoms with Crippen LogP contribution < -0.4 is 5.32 Å². The summed E-state index contributed by atoms with van der Waals surface area (Å²) in [4.78, 5) is 22.9. The standard InChI is InChI=1S/C10H18N2O3/c1-10(2)4-7(10)5-11-9(15)12(3)6-8(13)14/h7H,4-6H2,1-3H3,(H,11,15)(H,13,14). The van der Waals surface area contributed by atoms with Gasteiger partial charge in [0, 0.05) is 13.6 Å². The van der Waals surface area contributed by atoms with E-state index in [1.807, 2.05) is 0 Å². The molecule has 2 N–H and O–H groups in total. The smallest absolute Gasteiger partial charge is 0.323 e. The molecule has 2 amide bonds. The molecular formula is C10H18N2O3. The normalized spacial score (nSPS) is 21.9. The minimum absolute atomic E-state index is 0.264. The number of carboxylic acid groups (broad SMARTS) is 1. The zero-order valence-corrected chi connectivity index (χ0v) is 9.41. The van der Waals surface area contributed by atoms with Gasteiger partial charge in [0.05, 0.1) is 0 Å². The lowest BCUT2D eigenvalue weighted by Gasteiger charge is -2.15. The molecule has 0 saturated heterocycles. The minimum Gasteiger partial charge on any atom is -0.480 e. The molecule has 1 saturated carbocycles. The molecule has 1 aliphatic rings. The third kappa shape index (κ3) is 3.42. The molecule has 5 nitrogen and oxygen atoms in total. The molecule has 0 radical (unpaired) electrons. The maximum Gasteiger partial charge on any atom is 0.323 e. The summed E-state index contributed by atoms with van der Waals surface area (Å²) in [5, 5.41) is 11.2. The molecule has 5 heteroatoms. The Morgan fingerprint density at radius 2 is 2.07 bits per heavy atom. The first kappa shape index (κ1) is 11.8. The number of nitrogens with zero attached hydrogens (tertiary/aromatic N) is 1. The molecule has 0 aromatic carbocycles. The van der Waals surface area contributed by atoms with Gasteiger partial charge >= 0.3 is 12.0 Å². The van der Waals surface area contributed by atoms with Crippen molar-refractivity contribution in [2.24, 2.45) is 11.3 Å². The maximum atomic E-state index is 11.4. The maximum absolute atomic E-state index is 11.4. The molecule has 0 spiro atoms. The van der Waals surface area contributed by atoms with Crippen molar-refractivity contribution in [1.29, 1.82) is 0 Å². The molecule has 1 aliphatic carbocycles. The van der Waals surface area contributed by atoms with Crippen molar-refractivity contribution in [3.05, 3.63) is 0 Å². The van der Waals surface area contributed by atoms with E-state index >= 15 is 0 Å². The molecule has 0 aromatic heterocycles. The Morgan fingerprint density at radius 1 is 1.53 bits per heavy atom. The lowest BCUT2D eigenvalue weighted by molar-refractivity contribution is -0.137. The van der Waals surface area contributed by atoms with Gasteiger partial charge in [-0.2, -0.15) is 0 Å². The molecule has 1 rings (SSSR count). The van der Waals surface area contributed by atoms with E-state index in [9.17, 15) is 9.59 Å². The molecule has 15 heavy (non-hydrogen) atoms. The highest BCUT2D eigenvalue weighted by Crippen LogP contribution is 2.50. The number of urea groups is 1. The number of rotatable bonds is 4. The summed E-state index contributed by atoms with van der Waals surface area (Å²) < 4.78 is 0. The topological polar surface area (TPSA) is 69.6 Å². The summed E-state index contributed by atoms with van der Waals surface area (Å²) in [5.74, 6) is -0.473. The van der Waals surface area contributed by atoms with E-state index in [4.69, 9.17) is 5.11 Å². The van der Waals surface area contributed by atoms with Crippen molar-refractivity contribution < 1.29 is 14.7 Å². The molecule has 1 unspecified atom stereocenters. The summed E-state index contributed by atoms with van der Waals surface area (Å²) in [6.45, 7) is 4.69. The second kappa shape index (κ2) is 4.08. The number of hydrogen-bond donors (Lipinski definition) is 2. The second-order valence-corrected chi connectivity index (χ2v) is 4.83. The quantitative estimate of drug-likeness (QED) is 0.725. The van der Waals surface area contributed by atoms with Crippen LogP contribution in [-0.2, 0) is 4.79 Å². The Labute approximate surface area is 89.4 Å². The van der Waals surface area contributed by atoms with Crippen molar-refractivity contribution in [2.75, 3.05) is 20.1 Å². The number of likely N-dealkylation sites (N-methyl/N-ethyl adjacent to an activating group) is 1. The Bertz CT molecular complexity index is 276. The van der Waals surface area contributed by atoms with Gasteiger partial charge in [-0.15, -0.1) is 0 Å². The molecule has 0 aromatic rings. The fourth-order valence-electron chi connectivity index (χ4n) is 1.54. The van der Waals surface area contributed by atoms with E-state index in [1.54, 1.807) is 0 Å². The SMILES string of the molecule is CN(CC(=O)O)C(=O)NCC1CC1(C)C. The number of carboxylic acids is 1. The van der Waals surface area contributed by atoms with E-state index in [-0.39, 0.29) is 12.6 Å². The zero-order valence-electron chi connectivity index (χ0n) is 9.41. The number of amides is 2. The van der Waals surface area contributed by atoms with Crippen LogP contribution in [0, 0.1) is 11.3 Å². The Balaban J connectivity index is 2.21. The van der Waals surface area contributed by atoms with Crippen LogP contribution in [0.3, 0.4) is 0 Å². The van der Waals surface area contributed by atoms with Crippen LogP contribution >= 0.6 is 0 Å². The van der Waals surface area contributed by atoms with Gasteiger partial charge in [0.1, 0.15) is 6.54 Å². The van der Waals surface area contributed by atoms with Gasteiger partial charge in [-0.25, -0.2) is 4.79 Å². The van der Waals surface area contributed by atoms with E-state index in [0.29, 0.717) is 17.9 Å². The van der Waals surface area contributed by atoms with E-state index in [1.165, 1.54) is 7.05 Å². The fraction of sp³-hybridized carbons (Fsp3) is 0.800. The van der Waals surface area contributed by atoms with Gasteiger partial charge < -0.3 is 15.3 Å². The van der Waals surface area contributed by atoms with Gasteiger partial charge in [-0.1, -0.05) is 13.8 Å². The summed E-state index contributed by atoms with van der Waals surface area (Å²) in [6, 6.07) is -0.319. The van der Waals surface area contributed by atoms with Crippen molar-refractivity contribution in [3.63, 3.8) is 0 Å². The van der Waals surface area contributed by atoms with Crippen LogP contribution in [0.2, 0.25) is 0 Å². The summed E-state index contributed by atoms with van der Waals surface area (Å²) in [6.07, 6.45) is 1.12. The minimum atomic E-state index is -1.00.